The molecule has 0 radical (unpaired) electrons. The Bertz CT molecular complexity index is 1520. The number of hydrogen-bond acceptors (Lipinski definition) is 4. The lowest BCUT2D eigenvalue weighted by Gasteiger charge is -2.33. The van der Waals surface area contributed by atoms with Crippen molar-refractivity contribution < 1.29 is 0 Å². The molecule has 0 unspecified atom stereocenters. The highest BCUT2D eigenvalue weighted by Gasteiger charge is 2.24. The first kappa shape index (κ1) is 20.3. The van der Waals surface area contributed by atoms with Gasteiger partial charge in [0.25, 0.3) is 0 Å². The monoisotopic (exact) mass is 453 g/mol. The summed E-state index contributed by atoms with van der Waals surface area (Å²) in [7, 11) is 0. The van der Waals surface area contributed by atoms with Gasteiger partial charge in [-0.3, -0.25) is 4.98 Å². The zero-order chi connectivity index (χ0) is 22.9. The van der Waals surface area contributed by atoms with E-state index >= 15 is 0 Å². The fourth-order valence-electron chi connectivity index (χ4n) is 4.45. The Morgan fingerprint density at radius 3 is 2.09 bits per heavy atom. The molecule has 3 nitrogen and oxygen atoms in total. The van der Waals surface area contributed by atoms with E-state index in [1.54, 1.807) is 24.0 Å². The average molecular weight is 454 g/mol. The van der Waals surface area contributed by atoms with E-state index in [1.807, 2.05) is 24.3 Å². The molecule has 4 aromatic carbocycles. The van der Waals surface area contributed by atoms with Crippen LogP contribution in [0.4, 0.5) is 17.1 Å². The van der Waals surface area contributed by atoms with Gasteiger partial charge >= 0.3 is 0 Å². The lowest BCUT2D eigenvalue weighted by molar-refractivity contribution is 1.17. The fraction of sp³-hybridized carbons (Fsp3) is 0. The van der Waals surface area contributed by atoms with Crippen molar-refractivity contribution in [3.63, 3.8) is 0 Å². The fourth-order valence-corrected chi connectivity index (χ4v) is 5.50. The highest BCUT2D eigenvalue weighted by Crippen LogP contribution is 2.51. The quantitative estimate of drug-likeness (QED) is 0.271. The summed E-state index contributed by atoms with van der Waals surface area (Å²) >= 11 is 1.80. The highest BCUT2D eigenvalue weighted by atomic mass is 32.2. The SMILES string of the molecule is N#Cc1cccnc1-c1ccccc1-c1cccc(N2c3ccccc3Sc3ccccc32)c1. The Balaban J connectivity index is 1.52. The van der Waals surface area contributed by atoms with Crippen LogP contribution in [-0.2, 0) is 0 Å². The molecule has 5 aromatic rings. The molecule has 1 aliphatic rings. The van der Waals surface area contributed by atoms with Crippen molar-refractivity contribution >= 4 is 28.8 Å². The second-order valence-electron chi connectivity index (χ2n) is 7.98. The van der Waals surface area contributed by atoms with Gasteiger partial charge in [0.05, 0.1) is 22.6 Å². The van der Waals surface area contributed by atoms with Crippen molar-refractivity contribution in [1.29, 1.82) is 5.26 Å². The van der Waals surface area contributed by atoms with Crippen LogP contribution >= 0.6 is 11.8 Å². The van der Waals surface area contributed by atoms with E-state index in [4.69, 9.17) is 0 Å². The lowest BCUT2D eigenvalue weighted by atomic mass is 9.95. The highest BCUT2D eigenvalue weighted by molar-refractivity contribution is 7.99. The largest absolute Gasteiger partial charge is 0.308 e. The summed E-state index contributed by atoms with van der Waals surface area (Å²) in [5.74, 6) is 0. The van der Waals surface area contributed by atoms with Gasteiger partial charge < -0.3 is 4.90 Å². The molecule has 1 aliphatic heterocycles. The second kappa shape index (κ2) is 8.55. The maximum Gasteiger partial charge on any atom is 0.101 e. The topological polar surface area (TPSA) is 39.9 Å². The summed E-state index contributed by atoms with van der Waals surface area (Å²) in [5.41, 5.74) is 7.79. The van der Waals surface area contributed by atoms with E-state index in [1.165, 1.54) is 21.2 Å². The number of benzene rings is 4. The van der Waals surface area contributed by atoms with Crippen LogP contribution in [0.5, 0.6) is 0 Å². The third-order valence-electron chi connectivity index (χ3n) is 5.96. The smallest absolute Gasteiger partial charge is 0.101 e. The normalized spacial score (nSPS) is 11.9. The van der Waals surface area contributed by atoms with E-state index in [-0.39, 0.29) is 0 Å². The predicted molar refractivity (Wildman–Crippen MR) is 139 cm³/mol. The summed E-state index contributed by atoms with van der Waals surface area (Å²) in [4.78, 5) is 9.34. The van der Waals surface area contributed by atoms with Crippen molar-refractivity contribution in [2.24, 2.45) is 0 Å². The maximum atomic E-state index is 9.64. The lowest BCUT2D eigenvalue weighted by Crippen LogP contribution is -2.14. The molecule has 0 amide bonds. The predicted octanol–water partition coefficient (Wildman–Crippen LogP) is 8.22. The summed E-state index contributed by atoms with van der Waals surface area (Å²) in [6, 6.07) is 39.7. The molecule has 0 N–H and O–H groups in total. The van der Waals surface area contributed by atoms with Crippen LogP contribution < -0.4 is 4.90 Å². The number of anilines is 3. The van der Waals surface area contributed by atoms with Crippen molar-refractivity contribution in [2.45, 2.75) is 9.79 Å². The number of fused-ring (bicyclic) bond motifs is 2. The van der Waals surface area contributed by atoms with Crippen molar-refractivity contribution in [1.82, 2.24) is 4.98 Å². The minimum Gasteiger partial charge on any atom is -0.308 e. The van der Waals surface area contributed by atoms with E-state index in [0.29, 0.717) is 11.3 Å². The van der Waals surface area contributed by atoms with Gasteiger partial charge in [0, 0.05) is 27.2 Å². The van der Waals surface area contributed by atoms with Gasteiger partial charge in [-0.15, -0.1) is 0 Å². The Morgan fingerprint density at radius 1 is 0.676 bits per heavy atom. The van der Waals surface area contributed by atoms with Crippen LogP contribution in [-0.4, -0.2) is 4.98 Å². The van der Waals surface area contributed by atoms with E-state index < -0.39 is 0 Å². The minimum atomic E-state index is 0.571. The van der Waals surface area contributed by atoms with Gasteiger partial charge in [0.2, 0.25) is 0 Å². The number of aromatic nitrogens is 1. The zero-order valence-electron chi connectivity index (χ0n) is 18.2. The van der Waals surface area contributed by atoms with Crippen molar-refractivity contribution in [3.05, 3.63) is 121 Å². The number of nitrogens with zero attached hydrogens (tertiary/aromatic N) is 3. The van der Waals surface area contributed by atoms with Gasteiger partial charge in [-0.1, -0.05) is 72.4 Å². The van der Waals surface area contributed by atoms with Crippen molar-refractivity contribution in [2.75, 3.05) is 4.90 Å². The number of para-hydroxylation sites is 2. The molecular weight excluding hydrogens is 434 g/mol. The van der Waals surface area contributed by atoms with Gasteiger partial charge in [-0.05, 0) is 59.7 Å². The van der Waals surface area contributed by atoms with Gasteiger partial charge in [-0.25, -0.2) is 0 Å². The summed E-state index contributed by atoms with van der Waals surface area (Å²) in [5, 5.41) is 9.64. The first-order chi connectivity index (χ1) is 16.8. The molecule has 0 spiro atoms. The van der Waals surface area contributed by atoms with Crippen LogP contribution in [0.15, 0.2) is 125 Å². The molecule has 1 aromatic heterocycles. The molecule has 0 atom stereocenters. The summed E-state index contributed by atoms with van der Waals surface area (Å²) in [6.45, 7) is 0. The van der Waals surface area contributed by atoms with E-state index in [9.17, 15) is 5.26 Å². The molecule has 0 bridgehead atoms. The molecule has 4 heteroatoms. The third-order valence-corrected chi connectivity index (χ3v) is 7.09. The molecule has 160 valence electrons. The maximum absolute atomic E-state index is 9.64. The first-order valence-electron chi connectivity index (χ1n) is 11.0. The van der Waals surface area contributed by atoms with E-state index in [0.717, 1.165) is 22.4 Å². The van der Waals surface area contributed by atoms with Crippen LogP contribution in [0, 0.1) is 11.3 Å². The number of nitriles is 1. The molecule has 34 heavy (non-hydrogen) atoms. The molecule has 0 aliphatic carbocycles. The first-order valence-corrected chi connectivity index (χ1v) is 11.9. The number of rotatable bonds is 3. The summed E-state index contributed by atoms with van der Waals surface area (Å²) < 4.78 is 0. The Morgan fingerprint density at radius 2 is 1.35 bits per heavy atom. The zero-order valence-corrected chi connectivity index (χ0v) is 19.0. The molecular formula is C30H19N3S. The van der Waals surface area contributed by atoms with Gasteiger partial charge in [0.1, 0.15) is 6.07 Å². The standard InChI is InChI=1S/C30H19N3S/c31-20-22-10-8-18-32-30(22)25-13-2-1-12-24(25)21-9-7-11-23(19-21)33-26-14-3-5-16-28(26)34-29-17-6-4-15-27(29)33/h1-19H. The van der Waals surface area contributed by atoms with E-state index in [2.05, 4.69) is 94.8 Å². The molecule has 0 saturated carbocycles. The van der Waals surface area contributed by atoms with Gasteiger partial charge in [-0.2, -0.15) is 5.26 Å². The van der Waals surface area contributed by atoms with Crippen LogP contribution in [0.25, 0.3) is 22.4 Å². The Kier molecular flexibility index (Phi) is 5.10. The third kappa shape index (κ3) is 3.44. The van der Waals surface area contributed by atoms with Crippen LogP contribution in [0.3, 0.4) is 0 Å². The van der Waals surface area contributed by atoms with Crippen LogP contribution in [0.1, 0.15) is 5.56 Å². The number of hydrogen-bond donors (Lipinski definition) is 0. The molecule has 0 fully saturated rings. The number of pyridine rings is 1. The second-order valence-corrected chi connectivity index (χ2v) is 9.06. The van der Waals surface area contributed by atoms with Crippen molar-refractivity contribution in [3.8, 4) is 28.5 Å². The van der Waals surface area contributed by atoms with Crippen LogP contribution in [0.2, 0.25) is 0 Å². The molecule has 6 rings (SSSR count). The average Bonchev–Trinajstić information content (AvgIpc) is 2.91. The van der Waals surface area contributed by atoms with Gasteiger partial charge in [0.15, 0.2) is 0 Å². The Hall–Kier alpha value is -4.33. The minimum absolute atomic E-state index is 0.571. The molecule has 2 heterocycles. The summed E-state index contributed by atoms with van der Waals surface area (Å²) in [6.07, 6.45) is 1.74. The Labute approximate surface area is 203 Å². The molecule has 0 saturated heterocycles.